The highest BCUT2D eigenvalue weighted by Crippen LogP contribution is 2.36. The summed E-state index contributed by atoms with van der Waals surface area (Å²) in [5, 5.41) is 6.08. The van der Waals surface area contributed by atoms with Crippen LogP contribution < -0.4 is 10.6 Å². The number of nitrogens with one attached hydrogen (secondary N) is 4. The number of amides is 4. The van der Waals surface area contributed by atoms with Crippen molar-refractivity contribution in [2.24, 2.45) is 11.8 Å². The number of unbranched alkanes of at least 4 members (excludes halogenated alkanes) is 1. The summed E-state index contributed by atoms with van der Waals surface area (Å²) in [6.45, 7) is 1.27. The molecule has 4 fully saturated rings. The first-order valence-electron chi connectivity index (χ1n) is 20.5. The number of carbonyl (C=O) groups excluding carboxylic acids is 4. The zero-order valence-corrected chi connectivity index (χ0v) is 31.9. The van der Waals surface area contributed by atoms with Gasteiger partial charge < -0.3 is 30.4 Å². The van der Waals surface area contributed by atoms with Crippen molar-refractivity contribution in [3.8, 4) is 0 Å². The zero-order valence-electron chi connectivity index (χ0n) is 31.9. The number of benzene rings is 2. The van der Waals surface area contributed by atoms with E-state index in [4.69, 9.17) is 4.98 Å². The number of aromatic nitrogens is 4. The van der Waals surface area contributed by atoms with E-state index in [1.165, 1.54) is 0 Å². The van der Waals surface area contributed by atoms with Gasteiger partial charge in [0, 0.05) is 55.1 Å². The first kappa shape index (κ1) is 37.4. The summed E-state index contributed by atoms with van der Waals surface area (Å²) in [5.74, 6) is 1.37. The van der Waals surface area contributed by atoms with Gasteiger partial charge in [0.05, 0.1) is 12.1 Å². The Labute approximate surface area is 328 Å². The smallest absolute Gasteiger partial charge is 0.250 e. The minimum atomic E-state index is -0.707. The van der Waals surface area contributed by atoms with Crippen LogP contribution in [-0.2, 0) is 32.0 Å². The van der Waals surface area contributed by atoms with Gasteiger partial charge in [-0.2, -0.15) is 0 Å². The number of imidazole rings is 2. The predicted molar refractivity (Wildman–Crippen MR) is 210 cm³/mol. The Morgan fingerprint density at radius 2 is 1.14 bits per heavy atom. The fraction of sp³-hybridized carbons (Fsp3) is 0.455. The Hall–Kier alpha value is -5.52. The topological polar surface area (TPSA) is 156 Å². The maximum Gasteiger partial charge on any atom is 0.250 e. The molecule has 4 unspecified atom stereocenters. The molecule has 292 valence electrons. The van der Waals surface area contributed by atoms with Crippen LogP contribution in [-0.4, -0.2) is 66.5 Å². The molecule has 2 saturated carbocycles. The molecule has 4 N–H and O–H groups in total. The van der Waals surface area contributed by atoms with Crippen molar-refractivity contribution < 1.29 is 19.2 Å². The zero-order chi connectivity index (χ0) is 38.4. The number of allylic oxidation sites excluding steroid dienone is 2. The van der Waals surface area contributed by atoms with Gasteiger partial charge >= 0.3 is 0 Å². The molecule has 12 heteroatoms. The molecule has 2 aliphatic carbocycles. The van der Waals surface area contributed by atoms with E-state index in [0.717, 1.165) is 105 Å². The second-order valence-electron chi connectivity index (χ2n) is 15.8. The van der Waals surface area contributed by atoms with Gasteiger partial charge in [-0.25, -0.2) is 9.97 Å². The lowest BCUT2D eigenvalue weighted by molar-refractivity contribution is -0.138. The van der Waals surface area contributed by atoms with Gasteiger partial charge in [-0.3, -0.25) is 19.2 Å². The van der Waals surface area contributed by atoms with Crippen molar-refractivity contribution in [3.63, 3.8) is 0 Å². The molecule has 0 bridgehead atoms. The quantitative estimate of drug-likeness (QED) is 0.0798. The molecule has 0 spiro atoms. The summed E-state index contributed by atoms with van der Waals surface area (Å²) < 4.78 is 0. The lowest BCUT2D eigenvalue weighted by Crippen LogP contribution is -2.43. The van der Waals surface area contributed by atoms with Crippen molar-refractivity contribution in [3.05, 3.63) is 119 Å². The van der Waals surface area contributed by atoms with Gasteiger partial charge in [-0.15, -0.1) is 0 Å². The van der Waals surface area contributed by atoms with Crippen LogP contribution in [0.2, 0.25) is 0 Å². The van der Waals surface area contributed by atoms with Gasteiger partial charge in [0.25, 0.3) is 0 Å². The largest absolute Gasteiger partial charge is 0.344 e. The van der Waals surface area contributed by atoms with Crippen molar-refractivity contribution in [2.45, 2.75) is 101 Å². The molecule has 0 radical (unpaired) electrons. The monoisotopic (exact) mass is 756 g/mol. The summed E-state index contributed by atoms with van der Waals surface area (Å²) >= 11 is 0. The molecule has 4 amide bonds. The van der Waals surface area contributed by atoms with Crippen LogP contribution in [0.5, 0.6) is 0 Å². The van der Waals surface area contributed by atoms with Crippen LogP contribution in [0.4, 0.5) is 0 Å². The molecular formula is C44H52N8O4. The predicted octanol–water partition coefficient (Wildman–Crippen LogP) is 6.12. The minimum absolute atomic E-state index is 0.0158. The van der Waals surface area contributed by atoms with Crippen LogP contribution in [0.1, 0.15) is 123 Å². The Kier molecular flexibility index (Phi) is 11.4. The molecule has 2 aromatic heterocycles. The average molecular weight is 757 g/mol. The van der Waals surface area contributed by atoms with Crippen LogP contribution in [0.15, 0.2) is 85.2 Å². The molecule has 2 aromatic carbocycles. The molecule has 4 aliphatic rings. The van der Waals surface area contributed by atoms with Crippen LogP contribution >= 0.6 is 0 Å². The normalized spacial score (nSPS) is 20.6. The molecule has 12 nitrogen and oxygen atoms in total. The van der Waals surface area contributed by atoms with Crippen molar-refractivity contribution in [1.82, 2.24) is 40.4 Å². The SMILES string of the molecule is O=C(NC(C(=O)N1CCCC1c1ncc(CC=CCCCc2cnc(C3CCCN3C(=O)C(NC(=O)C3CC3)c3ccccc3)[nH]2)[nH]1)c1ccccc1)C1CC1. The number of aryl methyl sites for hydroxylation is 1. The van der Waals surface area contributed by atoms with Crippen LogP contribution in [0.25, 0.3) is 0 Å². The number of likely N-dealkylation sites (tertiary alicyclic amines) is 2. The van der Waals surface area contributed by atoms with E-state index >= 15 is 0 Å². The Balaban J connectivity index is 0.819. The molecule has 56 heavy (non-hydrogen) atoms. The third-order valence-corrected chi connectivity index (χ3v) is 11.5. The summed E-state index contributed by atoms with van der Waals surface area (Å²) in [5.41, 5.74) is 3.64. The number of nitrogens with zero attached hydrogens (tertiary/aromatic N) is 4. The number of aromatic amines is 2. The second kappa shape index (κ2) is 17.1. The first-order valence-corrected chi connectivity index (χ1v) is 20.5. The molecule has 4 heterocycles. The maximum absolute atomic E-state index is 14.0. The summed E-state index contributed by atoms with van der Waals surface area (Å²) in [7, 11) is 0. The highest BCUT2D eigenvalue weighted by atomic mass is 16.2. The Bertz CT molecular complexity index is 2020. The number of H-pyrrole nitrogens is 2. The fourth-order valence-corrected chi connectivity index (χ4v) is 8.10. The average Bonchev–Trinajstić information content (AvgIpc) is 4.00. The molecule has 2 saturated heterocycles. The number of carbonyl (C=O) groups is 4. The maximum atomic E-state index is 14.0. The van der Waals surface area contributed by atoms with Gasteiger partial charge in [0.1, 0.15) is 23.7 Å². The van der Waals surface area contributed by atoms with Gasteiger partial charge in [-0.1, -0.05) is 72.8 Å². The number of hydrogen-bond acceptors (Lipinski definition) is 6. The van der Waals surface area contributed by atoms with Crippen LogP contribution in [0, 0.1) is 11.8 Å². The Morgan fingerprint density at radius 3 is 1.64 bits per heavy atom. The second-order valence-corrected chi connectivity index (χ2v) is 15.8. The van der Waals surface area contributed by atoms with E-state index in [1.54, 1.807) is 0 Å². The van der Waals surface area contributed by atoms with E-state index in [-0.39, 0.29) is 47.5 Å². The molecular weight excluding hydrogens is 705 g/mol. The lowest BCUT2D eigenvalue weighted by Gasteiger charge is -2.28. The third kappa shape index (κ3) is 8.79. The first-order chi connectivity index (χ1) is 27.4. The van der Waals surface area contributed by atoms with E-state index < -0.39 is 12.1 Å². The summed E-state index contributed by atoms with van der Waals surface area (Å²) in [4.78, 5) is 73.5. The van der Waals surface area contributed by atoms with Crippen molar-refractivity contribution in [1.29, 1.82) is 0 Å². The molecule has 4 aromatic rings. The summed E-state index contributed by atoms with van der Waals surface area (Å²) in [6, 6.07) is 17.3. The lowest BCUT2D eigenvalue weighted by atomic mass is 10.0. The van der Waals surface area contributed by atoms with Gasteiger partial charge in [-0.05, 0) is 81.8 Å². The van der Waals surface area contributed by atoms with E-state index in [9.17, 15) is 19.2 Å². The molecule has 4 atom stereocenters. The standard InChI is InChI=1S/C44H52N8O4/c53-41(31-21-22-31)49-37(29-13-5-3-6-14-29)43(55)51-25-11-19-35(51)39-45-27-33(47-39)17-9-1-2-10-18-34-28-46-40(48-34)36-20-12-26-52(36)44(56)38(30-15-7-4-8-16-30)50-42(54)32-23-24-32/h1,3-9,13-16,27-28,31-32,35-38H,2,10-12,17-26H2,(H,45,47)(H,46,48)(H,49,53)(H,50,54). The third-order valence-electron chi connectivity index (χ3n) is 11.5. The Morgan fingerprint density at radius 1 is 0.661 bits per heavy atom. The van der Waals surface area contributed by atoms with E-state index in [1.807, 2.05) is 82.9 Å². The number of rotatable bonds is 16. The highest BCUT2D eigenvalue weighted by molar-refractivity contribution is 5.91. The molecule has 8 rings (SSSR count). The van der Waals surface area contributed by atoms with E-state index in [2.05, 4.69) is 37.7 Å². The van der Waals surface area contributed by atoms with Gasteiger partial charge in [0.15, 0.2) is 0 Å². The highest BCUT2D eigenvalue weighted by Gasteiger charge is 2.40. The number of hydrogen-bond donors (Lipinski definition) is 4. The minimum Gasteiger partial charge on any atom is -0.344 e. The van der Waals surface area contributed by atoms with Crippen molar-refractivity contribution >= 4 is 23.6 Å². The van der Waals surface area contributed by atoms with Gasteiger partial charge in [0.2, 0.25) is 23.6 Å². The van der Waals surface area contributed by atoms with Crippen molar-refractivity contribution in [2.75, 3.05) is 13.1 Å². The molecule has 2 aliphatic heterocycles. The van der Waals surface area contributed by atoms with E-state index in [0.29, 0.717) is 19.5 Å². The van der Waals surface area contributed by atoms with Crippen LogP contribution in [0.3, 0.4) is 0 Å². The fourth-order valence-electron chi connectivity index (χ4n) is 8.10. The summed E-state index contributed by atoms with van der Waals surface area (Å²) in [6.07, 6.45) is 18.4.